The second kappa shape index (κ2) is 5.31. The highest BCUT2D eigenvalue weighted by atomic mass is 79.9. The molecule has 0 aliphatic heterocycles. The van der Waals surface area contributed by atoms with Gasteiger partial charge in [0.15, 0.2) is 0 Å². The number of sulfonamides is 1. The minimum atomic E-state index is -3.60. The van der Waals surface area contributed by atoms with Crippen LogP contribution in [0.5, 0.6) is 0 Å². The van der Waals surface area contributed by atoms with Gasteiger partial charge in [-0.2, -0.15) is 0 Å². The third-order valence-corrected chi connectivity index (χ3v) is 8.03. The van der Waals surface area contributed by atoms with E-state index in [0.717, 1.165) is 12.0 Å². The van der Waals surface area contributed by atoms with Gasteiger partial charge in [0.25, 0.3) is 0 Å². The van der Waals surface area contributed by atoms with E-state index >= 15 is 0 Å². The summed E-state index contributed by atoms with van der Waals surface area (Å²) in [5.41, 5.74) is 0.582. The third kappa shape index (κ3) is 2.64. The second-order valence-corrected chi connectivity index (χ2v) is 10.1. The lowest BCUT2D eigenvalue weighted by Gasteiger charge is -2.36. The van der Waals surface area contributed by atoms with Crippen LogP contribution in [0.15, 0.2) is 22.7 Å². The molecule has 4 nitrogen and oxygen atoms in total. The Hall–Kier alpha value is -0.880. The smallest absolute Gasteiger partial charge is 0.233 e. The van der Waals surface area contributed by atoms with Gasteiger partial charge >= 0.3 is 0 Å². The van der Waals surface area contributed by atoms with E-state index in [4.69, 9.17) is 0 Å². The number of benzene rings is 1. The number of carbonyl (C=O) groups excluding carboxylic acids is 1. The van der Waals surface area contributed by atoms with Crippen molar-refractivity contribution in [2.75, 3.05) is 10.5 Å². The lowest BCUT2D eigenvalue weighted by atomic mass is 9.70. The molecule has 0 amide bonds. The molecule has 2 bridgehead atoms. The molecule has 2 aliphatic carbocycles. The third-order valence-electron chi connectivity index (χ3n) is 5.97. The summed E-state index contributed by atoms with van der Waals surface area (Å²) in [7, 11) is -3.60. The largest absolute Gasteiger partial charge is 0.299 e. The highest BCUT2D eigenvalue weighted by Crippen LogP contribution is 2.64. The van der Waals surface area contributed by atoms with Gasteiger partial charge in [-0.3, -0.25) is 9.52 Å². The first-order valence-electron chi connectivity index (χ1n) is 7.87. The second-order valence-electron chi connectivity index (χ2n) is 7.51. The predicted molar refractivity (Wildman–Crippen MR) is 94.9 cm³/mol. The summed E-state index contributed by atoms with van der Waals surface area (Å²) in [6.45, 7) is 6.04. The zero-order valence-electron chi connectivity index (χ0n) is 13.6. The first kappa shape index (κ1) is 17.0. The van der Waals surface area contributed by atoms with E-state index < -0.39 is 15.4 Å². The number of Topliss-reactive ketones (excluding diaryl/α,β-unsaturated/α-hetero) is 1. The first-order chi connectivity index (χ1) is 10.6. The molecule has 2 saturated carbocycles. The normalized spacial score (nSPS) is 29.0. The molecule has 23 heavy (non-hydrogen) atoms. The molecular weight excluding hydrogens is 378 g/mol. The van der Waals surface area contributed by atoms with Crippen molar-refractivity contribution in [3.8, 4) is 0 Å². The number of anilines is 1. The topological polar surface area (TPSA) is 63.2 Å². The van der Waals surface area contributed by atoms with Crippen molar-refractivity contribution in [3.05, 3.63) is 28.2 Å². The minimum Gasteiger partial charge on any atom is -0.299 e. The Morgan fingerprint density at radius 3 is 2.57 bits per heavy atom. The van der Waals surface area contributed by atoms with Crippen LogP contribution in [-0.4, -0.2) is 20.0 Å². The maximum absolute atomic E-state index is 12.7. The molecule has 0 heterocycles. The molecule has 2 atom stereocenters. The molecule has 1 aromatic rings. The number of carbonyl (C=O) groups is 1. The predicted octanol–water partition coefficient (Wildman–Crippen LogP) is 3.89. The van der Waals surface area contributed by atoms with Crippen LogP contribution in [0, 0.1) is 23.7 Å². The van der Waals surface area contributed by atoms with Crippen LogP contribution in [0.4, 0.5) is 5.69 Å². The van der Waals surface area contributed by atoms with E-state index in [1.807, 2.05) is 32.9 Å². The van der Waals surface area contributed by atoms with Crippen molar-refractivity contribution in [3.63, 3.8) is 0 Å². The van der Waals surface area contributed by atoms with E-state index in [1.165, 1.54) is 0 Å². The van der Waals surface area contributed by atoms with Crippen molar-refractivity contribution >= 4 is 37.4 Å². The van der Waals surface area contributed by atoms with E-state index in [2.05, 4.69) is 20.7 Å². The molecule has 0 aromatic heterocycles. The van der Waals surface area contributed by atoms with Gasteiger partial charge in [-0.1, -0.05) is 19.9 Å². The van der Waals surface area contributed by atoms with Crippen molar-refractivity contribution < 1.29 is 13.2 Å². The maximum atomic E-state index is 12.7. The standard InChI is InChI=1S/C17H22BrNO3S/c1-11-4-5-14(13(18)8-11)19-23(21,22)10-17-7-6-12(9-15(17)20)16(17,2)3/h4-5,8,12,19H,6-7,9-10H2,1-3H3/t12-,17-/m1/s1. The van der Waals surface area contributed by atoms with Gasteiger partial charge in [0, 0.05) is 10.9 Å². The Morgan fingerprint density at radius 1 is 1.35 bits per heavy atom. The lowest BCUT2D eigenvalue weighted by Crippen LogP contribution is -2.43. The molecule has 1 N–H and O–H groups in total. The summed E-state index contributed by atoms with van der Waals surface area (Å²) >= 11 is 3.39. The van der Waals surface area contributed by atoms with Gasteiger partial charge in [-0.15, -0.1) is 0 Å². The van der Waals surface area contributed by atoms with Crippen LogP contribution in [-0.2, 0) is 14.8 Å². The van der Waals surface area contributed by atoms with E-state index in [1.54, 1.807) is 6.07 Å². The summed E-state index contributed by atoms with van der Waals surface area (Å²) in [4.78, 5) is 12.5. The Kier molecular flexibility index (Phi) is 3.92. The average Bonchev–Trinajstić information content (AvgIpc) is 2.75. The number of hydrogen-bond acceptors (Lipinski definition) is 3. The molecule has 0 unspecified atom stereocenters. The molecule has 3 rings (SSSR count). The van der Waals surface area contributed by atoms with Gasteiger partial charge in [-0.25, -0.2) is 8.42 Å². The number of fused-ring (bicyclic) bond motifs is 2. The number of aryl methyl sites for hydroxylation is 1. The molecule has 2 fully saturated rings. The molecule has 6 heteroatoms. The Morgan fingerprint density at radius 2 is 2.04 bits per heavy atom. The van der Waals surface area contributed by atoms with Crippen LogP contribution < -0.4 is 4.72 Å². The quantitative estimate of drug-likeness (QED) is 0.834. The number of nitrogens with one attached hydrogen (secondary N) is 1. The van der Waals surface area contributed by atoms with Crippen LogP contribution in [0.25, 0.3) is 0 Å². The zero-order chi connectivity index (χ0) is 17.0. The summed E-state index contributed by atoms with van der Waals surface area (Å²) in [6, 6.07) is 5.47. The number of halogens is 1. The van der Waals surface area contributed by atoms with E-state index in [0.29, 0.717) is 28.9 Å². The van der Waals surface area contributed by atoms with Gasteiger partial charge < -0.3 is 0 Å². The summed E-state index contributed by atoms with van der Waals surface area (Å²) in [5, 5.41) is 0. The SMILES string of the molecule is Cc1ccc(NS(=O)(=O)C[C@]23CC[C@H](CC2=O)C3(C)C)c(Br)c1. The Labute approximate surface area is 146 Å². The molecule has 126 valence electrons. The van der Waals surface area contributed by atoms with Crippen LogP contribution in [0.1, 0.15) is 38.7 Å². The first-order valence-corrected chi connectivity index (χ1v) is 10.3. The summed E-state index contributed by atoms with van der Waals surface area (Å²) in [6.07, 6.45) is 2.15. The van der Waals surface area contributed by atoms with Crippen molar-refractivity contribution in [1.82, 2.24) is 0 Å². The van der Waals surface area contributed by atoms with Crippen LogP contribution in [0.2, 0.25) is 0 Å². The van der Waals surface area contributed by atoms with E-state index in [-0.39, 0.29) is 17.0 Å². The van der Waals surface area contributed by atoms with Crippen LogP contribution >= 0.6 is 15.9 Å². The molecular formula is C17H22BrNO3S. The number of hydrogen-bond donors (Lipinski definition) is 1. The molecule has 0 radical (unpaired) electrons. The van der Waals surface area contributed by atoms with Crippen molar-refractivity contribution in [2.24, 2.45) is 16.7 Å². The lowest BCUT2D eigenvalue weighted by molar-refractivity contribution is -0.128. The highest BCUT2D eigenvalue weighted by molar-refractivity contribution is 9.10. The maximum Gasteiger partial charge on any atom is 0.233 e. The summed E-state index contributed by atoms with van der Waals surface area (Å²) < 4.78 is 28.8. The zero-order valence-corrected chi connectivity index (χ0v) is 16.1. The Balaban J connectivity index is 1.88. The van der Waals surface area contributed by atoms with Gasteiger partial charge in [-0.05, 0) is 64.7 Å². The monoisotopic (exact) mass is 399 g/mol. The number of ketones is 1. The van der Waals surface area contributed by atoms with Crippen molar-refractivity contribution in [2.45, 2.75) is 40.0 Å². The van der Waals surface area contributed by atoms with Gasteiger partial charge in [0.2, 0.25) is 10.0 Å². The molecule has 0 saturated heterocycles. The average molecular weight is 400 g/mol. The fourth-order valence-electron chi connectivity index (χ4n) is 4.34. The molecule has 0 spiro atoms. The minimum absolute atomic E-state index is 0.118. The van der Waals surface area contributed by atoms with Gasteiger partial charge in [0.05, 0.1) is 16.9 Å². The highest BCUT2D eigenvalue weighted by Gasteiger charge is 2.65. The molecule has 2 aliphatic rings. The van der Waals surface area contributed by atoms with E-state index in [9.17, 15) is 13.2 Å². The van der Waals surface area contributed by atoms with Gasteiger partial charge in [0.1, 0.15) is 5.78 Å². The van der Waals surface area contributed by atoms with Crippen LogP contribution in [0.3, 0.4) is 0 Å². The summed E-state index contributed by atoms with van der Waals surface area (Å²) in [5.74, 6) is 0.311. The number of rotatable bonds is 4. The fourth-order valence-corrected chi connectivity index (χ4v) is 6.97. The Bertz CT molecular complexity index is 772. The molecule has 1 aromatic carbocycles. The fraction of sp³-hybridized carbons (Fsp3) is 0.588. The van der Waals surface area contributed by atoms with Crippen molar-refractivity contribution in [1.29, 1.82) is 0 Å².